The first kappa shape index (κ1) is 15.2. The first-order valence-corrected chi connectivity index (χ1v) is 7.03. The minimum Gasteiger partial charge on any atom is -0.345 e. The number of halogens is 1. The number of pyridine rings is 1. The number of hydrogen-bond acceptors (Lipinski definition) is 2. The van der Waals surface area contributed by atoms with Gasteiger partial charge in [0, 0.05) is 6.20 Å². The normalized spacial score (nSPS) is 12.2. The molecule has 0 aliphatic carbocycles. The Hall–Kier alpha value is -2.23. The number of carbonyl (C=O) groups is 1. The molecular formula is C17H19FN2O. The van der Waals surface area contributed by atoms with E-state index in [4.69, 9.17) is 0 Å². The van der Waals surface area contributed by atoms with E-state index in [1.165, 1.54) is 12.3 Å². The van der Waals surface area contributed by atoms with Gasteiger partial charge in [-0.05, 0) is 24.0 Å². The van der Waals surface area contributed by atoms with Crippen molar-refractivity contribution in [2.75, 3.05) is 0 Å². The van der Waals surface area contributed by atoms with Gasteiger partial charge in [0.25, 0.3) is 5.91 Å². The highest BCUT2D eigenvalue weighted by Crippen LogP contribution is 2.21. The topological polar surface area (TPSA) is 42.0 Å². The molecule has 1 heterocycles. The number of nitrogens with one attached hydrogen (secondary N) is 1. The highest BCUT2D eigenvalue weighted by atomic mass is 19.1. The Morgan fingerprint density at radius 3 is 2.57 bits per heavy atom. The maximum atomic E-state index is 13.6. The van der Waals surface area contributed by atoms with Crippen LogP contribution in [0.4, 0.5) is 4.39 Å². The second kappa shape index (κ2) is 6.97. The number of aromatic nitrogens is 1. The molecule has 1 N–H and O–H groups in total. The lowest BCUT2D eigenvalue weighted by molar-refractivity contribution is 0.0927. The van der Waals surface area contributed by atoms with Crippen LogP contribution in [-0.4, -0.2) is 10.9 Å². The highest BCUT2D eigenvalue weighted by molar-refractivity contribution is 5.94. The molecule has 1 unspecified atom stereocenters. The van der Waals surface area contributed by atoms with Crippen LogP contribution in [0, 0.1) is 11.7 Å². The monoisotopic (exact) mass is 286 g/mol. The second-order valence-electron chi connectivity index (χ2n) is 5.42. The first-order valence-electron chi connectivity index (χ1n) is 7.03. The molecule has 3 nitrogen and oxygen atoms in total. The number of amides is 1. The largest absolute Gasteiger partial charge is 0.345 e. The second-order valence-corrected chi connectivity index (χ2v) is 5.42. The number of carbonyl (C=O) groups excluding carboxylic acids is 1. The highest BCUT2D eigenvalue weighted by Gasteiger charge is 2.19. The smallest absolute Gasteiger partial charge is 0.254 e. The van der Waals surface area contributed by atoms with E-state index in [1.54, 1.807) is 0 Å². The molecule has 0 spiro atoms. The van der Waals surface area contributed by atoms with Gasteiger partial charge in [0.1, 0.15) is 0 Å². The number of hydrogen-bond donors (Lipinski definition) is 1. The van der Waals surface area contributed by atoms with Crippen molar-refractivity contribution in [2.24, 2.45) is 5.92 Å². The molecule has 0 aliphatic heterocycles. The SMILES string of the molecule is CC(C)CC(NC(=O)c1ccncc1F)c1ccccc1. The Kier molecular flexibility index (Phi) is 5.04. The quantitative estimate of drug-likeness (QED) is 0.909. The van der Waals surface area contributed by atoms with E-state index in [9.17, 15) is 9.18 Å². The van der Waals surface area contributed by atoms with E-state index in [-0.39, 0.29) is 11.6 Å². The third-order valence-corrected chi connectivity index (χ3v) is 3.23. The minimum atomic E-state index is -0.605. The molecule has 0 aliphatic rings. The molecule has 0 fully saturated rings. The lowest BCUT2D eigenvalue weighted by Crippen LogP contribution is -2.30. The van der Waals surface area contributed by atoms with Gasteiger partial charge in [-0.15, -0.1) is 0 Å². The third kappa shape index (κ3) is 4.12. The Morgan fingerprint density at radius 1 is 1.24 bits per heavy atom. The Morgan fingerprint density at radius 2 is 1.95 bits per heavy atom. The molecule has 2 aromatic rings. The molecule has 21 heavy (non-hydrogen) atoms. The summed E-state index contributed by atoms with van der Waals surface area (Å²) in [6.07, 6.45) is 3.26. The van der Waals surface area contributed by atoms with Gasteiger partial charge in [-0.25, -0.2) is 4.39 Å². The van der Waals surface area contributed by atoms with E-state index in [0.29, 0.717) is 5.92 Å². The van der Waals surface area contributed by atoms with Crippen molar-refractivity contribution in [3.05, 3.63) is 65.7 Å². The first-order chi connectivity index (χ1) is 10.1. The zero-order valence-electron chi connectivity index (χ0n) is 12.2. The van der Waals surface area contributed by atoms with Crippen molar-refractivity contribution < 1.29 is 9.18 Å². The molecule has 1 amide bonds. The summed E-state index contributed by atoms with van der Waals surface area (Å²) in [6.45, 7) is 4.18. The van der Waals surface area contributed by atoms with E-state index in [1.807, 2.05) is 30.3 Å². The van der Waals surface area contributed by atoms with Gasteiger partial charge in [0.2, 0.25) is 0 Å². The van der Waals surface area contributed by atoms with Crippen molar-refractivity contribution >= 4 is 5.91 Å². The summed E-state index contributed by atoms with van der Waals surface area (Å²) in [5.41, 5.74) is 1.05. The number of rotatable bonds is 5. The van der Waals surface area contributed by atoms with Crippen LogP contribution in [0.2, 0.25) is 0 Å². The molecule has 4 heteroatoms. The lowest BCUT2D eigenvalue weighted by Gasteiger charge is -2.21. The summed E-state index contributed by atoms with van der Waals surface area (Å²) in [7, 11) is 0. The standard InChI is InChI=1S/C17H19FN2O/c1-12(2)10-16(13-6-4-3-5-7-13)20-17(21)14-8-9-19-11-15(14)18/h3-9,11-12,16H,10H2,1-2H3,(H,20,21). The summed E-state index contributed by atoms with van der Waals surface area (Å²) < 4.78 is 13.6. The number of nitrogens with zero attached hydrogens (tertiary/aromatic N) is 1. The van der Waals surface area contributed by atoms with Crippen LogP contribution in [0.15, 0.2) is 48.8 Å². The van der Waals surface area contributed by atoms with Crippen LogP contribution < -0.4 is 5.32 Å². The predicted molar refractivity (Wildman–Crippen MR) is 80.3 cm³/mol. The van der Waals surface area contributed by atoms with E-state index in [0.717, 1.165) is 18.2 Å². The van der Waals surface area contributed by atoms with Gasteiger partial charge in [-0.1, -0.05) is 44.2 Å². The lowest BCUT2D eigenvalue weighted by atomic mass is 9.96. The predicted octanol–water partition coefficient (Wildman–Crippen LogP) is 3.74. The average Bonchev–Trinajstić information content (AvgIpc) is 2.47. The van der Waals surface area contributed by atoms with E-state index >= 15 is 0 Å². The van der Waals surface area contributed by atoms with Crippen LogP contribution in [-0.2, 0) is 0 Å². The molecule has 1 aromatic heterocycles. The molecule has 0 bridgehead atoms. The van der Waals surface area contributed by atoms with Crippen molar-refractivity contribution in [3.8, 4) is 0 Å². The fraction of sp³-hybridized carbons (Fsp3) is 0.294. The third-order valence-electron chi connectivity index (χ3n) is 3.23. The molecule has 0 radical (unpaired) electrons. The van der Waals surface area contributed by atoms with Gasteiger partial charge in [-0.2, -0.15) is 0 Å². The zero-order chi connectivity index (χ0) is 15.2. The molecule has 1 aromatic carbocycles. The van der Waals surface area contributed by atoms with Crippen molar-refractivity contribution in [1.82, 2.24) is 10.3 Å². The Labute approximate surface area is 124 Å². The summed E-state index contributed by atoms with van der Waals surface area (Å²) in [5.74, 6) is -0.603. The molecule has 2 rings (SSSR count). The van der Waals surface area contributed by atoms with Crippen molar-refractivity contribution in [2.45, 2.75) is 26.3 Å². The van der Waals surface area contributed by atoms with Gasteiger partial charge in [0.05, 0.1) is 17.8 Å². The Balaban J connectivity index is 2.19. The van der Waals surface area contributed by atoms with E-state index in [2.05, 4.69) is 24.1 Å². The van der Waals surface area contributed by atoms with Gasteiger partial charge in [0.15, 0.2) is 5.82 Å². The minimum absolute atomic E-state index is 0.0229. The summed E-state index contributed by atoms with van der Waals surface area (Å²) in [6, 6.07) is 11.0. The van der Waals surface area contributed by atoms with Crippen LogP contribution >= 0.6 is 0 Å². The molecule has 0 saturated carbocycles. The Bertz CT molecular complexity index is 599. The van der Waals surface area contributed by atoms with Crippen LogP contribution in [0.25, 0.3) is 0 Å². The van der Waals surface area contributed by atoms with Crippen LogP contribution in [0.3, 0.4) is 0 Å². The van der Waals surface area contributed by atoms with Gasteiger partial charge >= 0.3 is 0 Å². The molecule has 0 saturated heterocycles. The maximum absolute atomic E-state index is 13.6. The fourth-order valence-electron chi connectivity index (χ4n) is 2.23. The summed E-state index contributed by atoms with van der Waals surface area (Å²) >= 11 is 0. The van der Waals surface area contributed by atoms with Gasteiger partial charge < -0.3 is 5.32 Å². The average molecular weight is 286 g/mol. The van der Waals surface area contributed by atoms with Crippen LogP contribution in [0.1, 0.15) is 42.2 Å². The van der Waals surface area contributed by atoms with Crippen LogP contribution in [0.5, 0.6) is 0 Å². The van der Waals surface area contributed by atoms with Crippen molar-refractivity contribution in [1.29, 1.82) is 0 Å². The maximum Gasteiger partial charge on any atom is 0.254 e. The molecule has 1 atom stereocenters. The van der Waals surface area contributed by atoms with Crippen molar-refractivity contribution in [3.63, 3.8) is 0 Å². The summed E-state index contributed by atoms with van der Waals surface area (Å²) in [4.78, 5) is 15.9. The van der Waals surface area contributed by atoms with Gasteiger partial charge in [-0.3, -0.25) is 9.78 Å². The molecule has 110 valence electrons. The molecular weight excluding hydrogens is 267 g/mol. The number of benzene rings is 1. The van der Waals surface area contributed by atoms with E-state index < -0.39 is 11.7 Å². The zero-order valence-corrected chi connectivity index (χ0v) is 12.2. The summed E-state index contributed by atoms with van der Waals surface area (Å²) in [5, 5.41) is 2.92. The fourth-order valence-corrected chi connectivity index (χ4v) is 2.23.